The highest BCUT2D eigenvalue weighted by molar-refractivity contribution is 6.01. The van der Waals surface area contributed by atoms with Crippen LogP contribution in [0.3, 0.4) is 0 Å². The second kappa shape index (κ2) is 2.82. The van der Waals surface area contributed by atoms with E-state index in [1.807, 2.05) is 24.3 Å². The Morgan fingerprint density at radius 1 is 1.29 bits per heavy atom. The largest absolute Gasteiger partial charge is 0.463 e. The molecular weight excluding hydrogens is 180 g/mol. The van der Waals surface area contributed by atoms with Crippen LogP contribution in [0.25, 0.3) is 0 Å². The van der Waals surface area contributed by atoms with Crippen molar-refractivity contribution in [3.63, 3.8) is 0 Å². The molecular formula is C11H10O3. The zero-order chi connectivity index (χ0) is 9.54. The van der Waals surface area contributed by atoms with E-state index < -0.39 is 0 Å². The molecule has 0 radical (unpaired) electrons. The molecule has 0 aromatic heterocycles. The van der Waals surface area contributed by atoms with Gasteiger partial charge in [-0.25, -0.2) is 0 Å². The molecule has 2 atom stereocenters. The second-order valence-corrected chi connectivity index (χ2v) is 3.61. The maximum Gasteiger partial charge on any atom is 0.210 e. The Hall–Kier alpha value is -1.35. The van der Waals surface area contributed by atoms with E-state index in [4.69, 9.17) is 9.47 Å². The number of para-hydroxylation sites is 1. The quantitative estimate of drug-likeness (QED) is 0.623. The summed E-state index contributed by atoms with van der Waals surface area (Å²) in [6.07, 6.45) is 0.426. The number of benzene rings is 1. The van der Waals surface area contributed by atoms with Crippen molar-refractivity contribution in [1.82, 2.24) is 0 Å². The van der Waals surface area contributed by atoms with Gasteiger partial charge in [-0.1, -0.05) is 12.1 Å². The van der Waals surface area contributed by atoms with E-state index in [-0.39, 0.29) is 18.0 Å². The van der Waals surface area contributed by atoms with Gasteiger partial charge in [-0.15, -0.1) is 0 Å². The van der Waals surface area contributed by atoms with E-state index in [9.17, 15) is 4.79 Å². The van der Waals surface area contributed by atoms with Gasteiger partial charge in [-0.2, -0.15) is 0 Å². The van der Waals surface area contributed by atoms with Gasteiger partial charge >= 0.3 is 0 Å². The number of carbonyl (C=O) groups excluding carboxylic acids is 1. The molecule has 1 fully saturated rings. The number of Topliss-reactive ketones (excluding diaryl/α,β-unsaturated/α-hetero) is 1. The van der Waals surface area contributed by atoms with Crippen molar-refractivity contribution in [3.05, 3.63) is 29.8 Å². The van der Waals surface area contributed by atoms with E-state index in [2.05, 4.69) is 0 Å². The fourth-order valence-corrected chi connectivity index (χ4v) is 2.03. The summed E-state index contributed by atoms with van der Waals surface area (Å²) < 4.78 is 10.9. The Morgan fingerprint density at radius 2 is 2.14 bits per heavy atom. The lowest BCUT2D eigenvalue weighted by Crippen LogP contribution is -2.34. The first-order valence-corrected chi connectivity index (χ1v) is 4.78. The molecule has 0 N–H and O–H groups in total. The molecule has 2 heterocycles. The van der Waals surface area contributed by atoms with Crippen molar-refractivity contribution in [2.45, 2.75) is 12.7 Å². The molecule has 3 rings (SSSR count). The number of hydrogen-bond acceptors (Lipinski definition) is 3. The molecule has 3 nitrogen and oxygen atoms in total. The molecule has 2 aliphatic heterocycles. The Labute approximate surface area is 81.6 Å². The van der Waals surface area contributed by atoms with Gasteiger partial charge < -0.3 is 9.47 Å². The standard InChI is InChI=1S/C11H10O3/c12-10-7-3-1-2-4-9(7)14-11-8(10)5-6-13-11/h1-4,8,11H,5-6H2. The lowest BCUT2D eigenvalue weighted by atomic mass is 9.93. The molecule has 0 aliphatic carbocycles. The molecule has 14 heavy (non-hydrogen) atoms. The average Bonchev–Trinajstić information content (AvgIpc) is 2.66. The molecule has 2 aliphatic rings. The SMILES string of the molecule is O=C1c2ccccc2OC2OCCC12. The summed E-state index contributed by atoms with van der Waals surface area (Å²) in [6, 6.07) is 7.34. The predicted molar refractivity (Wildman–Crippen MR) is 49.2 cm³/mol. The normalized spacial score (nSPS) is 29.3. The number of ether oxygens (including phenoxy) is 2. The summed E-state index contributed by atoms with van der Waals surface area (Å²) in [4.78, 5) is 11.9. The number of rotatable bonds is 0. The third-order valence-electron chi connectivity index (χ3n) is 2.77. The van der Waals surface area contributed by atoms with Crippen LogP contribution >= 0.6 is 0 Å². The van der Waals surface area contributed by atoms with Crippen molar-refractivity contribution in [2.24, 2.45) is 5.92 Å². The van der Waals surface area contributed by atoms with E-state index in [0.29, 0.717) is 17.9 Å². The highest BCUT2D eigenvalue weighted by Gasteiger charge is 2.41. The summed E-state index contributed by atoms with van der Waals surface area (Å²) in [5.41, 5.74) is 0.694. The maximum atomic E-state index is 11.9. The summed E-state index contributed by atoms with van der Waals surface area (Å²) in [5.74, 6) is 0.722. The van der Waals surface area contributed by atoms with Gasteiger partial charge in [0.25, 0.3) is 0 Å². The fraction of sp³-hybridized carbons (Fsp3) is 0.364. The summed E-state index contributed by atoms with van der Waals surface area (Å²) >= 11 is 0. The van der Waals surface area contributed by atoms with Gasteiger partial charge in [0.1, 0.15) is 5.75 Å². The van der Waals surface area contributed by atoms with Crippen LogP contribution in [0.1, 0.15) is 16.8 Å². The van der Waals surface area contributed by atoms with Crippen LogP contribution in [-0.4, -0.2) is 18.7 Å². The third-order valence-corrected chi connectivity index (χ3v) is 2.77. The number of ketones is 1. The molecule has 0 bridgehead atoms. The van der Waals surface area contributed by atoms with Crippen molar-refractivity contribution in [3.8, 4) is 5.75 Å². The van der Waals surface area contributed by atoms with Crippen LogP contribution in [0.5, 0.6) is 5.75 Å². The molecule has 3 heteroatoms. The Balaban J connectivity index is 2.08. The molecule has 0 amide bonds. The van der Waals surface area contributed by atoms with E-state index in [0.717, 1.165) is 6.42 Å². The molecule has 1 aromatic rings. The zero-order valence-electron chi connectivity index (χ0n) is 7.60. The summed E-state index contributed by atoms with van der Waals surface area (Å²) in [6.45, 7) is 0.620. The summed E-state index contributed by atoms with van der Waals surface area (Å²) in [7, 11) is 0. The predicted octanol–water partition coefficient (Wildman–Crippen LogP) is 1.62. The van der Waals surface area contributed by atoms with E-state index in [1.165, 1.54) is 0 Å². The minimum Gasteiger partial charge on any atom is -0.463 e. The Bertz CT molecular complexity index is 386. The van der Waals surface area contributed by atoms with Crippen molar-refractivity contribution in [1.29, 1.82) is 0 Å². The lowest BCUT2D eigenvalue weighted by molar-refractivity contribution is -0.0609. The van der Waals surface area contributed by atoms with Gasteiger partial charge in [-0.05, 0) is 18.6 Å². The van der Waals surface area contributed by atoms with Crippen LogP contribution in [0, 0.1) is 5.92 Å². The van der Waals surface area contributed by atoms with Gasteiger partial charge in [0.2, 0.25) is 6.29 Å². The first-order valence-electron chi connectivity index (χ1n) is 4.78. The van der Waals surface area contributed by atoms with Crippen molar-refractivity contribution < 1.29 is 14.3 Å². The zero-order valence-corrected chi connectivity index (χ0v) is 7.60. The van der Waals surface area contributed by atoms with Crippen LogP contribution in [0.4, 0.5) is 0 Å². The van der Waals surface area contributed by atoms with Gasteiger partial charge in [0.05, 0.1) is 18.1 Å². The first-order chi connectivity index (χ1) is 6.86. The highest BCUT2D eigenvalue weighted by atomic mass is 16.7. The smallest absolute Gasteiger partial charge is 0.210 e. The topological polar surface area (TPSA) is 35.5 Å². The lowest BCUT2D eigenvalue weighted by Gasteiger charge is -2.25. The molecule has 1 aromatic carbocycles. The van der Waals surface area contributed by atoms with Crippen molar-refractivity contribution in [2.75, 3.05) is 6.61 Å². The number of fused-ring (bicyclic) bond motifs is 2. The van der Waals surface area contributed by atoms with Crippen LogP contribution in [-0.2, 0) is 4.74 Å². The fourth-order valence-electron chi connectivity index (χ4n) is 2.03. The average molecular weight is 190 g/mol. The number of carbonyl (C=O) groups is 1. The molecule has 2 unspecified atom stereocenters. The van der Waals surface area contributed by atoms with E-state index in [1.54, 1.807) is 0 Å². The van der Waals surface area contributed by atoms with Gasteiger partial charge in [0.15, 0.2) is 5.78 Å². The molecule has 72 valence electrons. The third kappa shape index (κ3) is 0.990. The number of hydrogen-bond donors (Lipinski definition) is 0. The molecule has 0 saturated carbocycles. The monoisotopic (exact) mass is 190 g/mol. The minimum atomic E-state index is -0.350. The first kappa shape index (κ1) is 8.00. The highest BCUT2D eigenvalue weighted by Crippen LogP contribution is 2.35. The Morgan fingerprint density at radius 3 is 3.07 bits per heavy atom. The minimum absolute atomic E-state index is 0.0927. The maximum absolute atomic E-state index is 11.9. The second-order valence-electron chi connectivity index (χ2n) is 3.61. The van der Waals surface area contributed by atoms with Gasteiger partial charge in [-0.3, -0.25) is 4.79 Å². The van der Waals surface area contributed by atoms with Crippen LogP contribution < -0.4 is 4.74 Å². The molecule has 0 spiro atoms. The van der Waals surface area contributed by atoms with E-state index >= 15 is 0 Å². The van der Waals surface area contributed by atoms with Crippen LogP contribution in [0.2, 0.25) is 0 Å². The Kier molecular flexibility index (Phi) is 1.61. The molecule has 1 saturated heterocycles. The van der Waals surface area contributed by atoms with Crippen molar-refractivity contribution >= 4 is 5.78 Å². The van der Waals surface area contributed by atoms with Crippen LogP contribution in [0.15, 0.2) is 24.3 Å². The van der Waals surface area contributed by atoms with Gasteiger partial charge in [0, 0.05) is 0 Å². The summed E-state index contributed by atoms with van der Waals surface area (Å²) in [5, 5.41) is 0.